The van der Waals surface area contributed by atoms with E-state index in [1.807, 2.05) is 11.9 Å². The maximum Gasteiger partial charge on any atom is 0.238 e. The number of nitrogens with zero attached hydrogens (tertiary/aromatic N) is 1. The maximum atomic E-state index is 13.6. The fourth-order valence-corrected chi connectivity index (χ4v) is 2.48. The normalized spacial score (nSPS) is 18.8. The molecule has 0 aromatic heterocycles. The minimum absolute atomic E-state index is 0.198. The number of nitrogens with one attached hydrogen (secondary N) is 2. The van der Waals surface area contributed by atoms with Gasteiger partial charge in [-0.1, -0.05) is 15.9 Å². The molecule has 1 aromatic rings. The first-order valence-electron chi connectivity index (χ1n) is 6.22. The molecular formula is C13H17BrFN3O. The van der Waals surface area contributed by atoms with Crippen molar-refractivity contribution in [3.63, 3.8) is 0 Å². The predicted molar refractivity (Wildman–Crippen MR) is 76.6 cm³/mol. The number of anilines is 1. The molecule has 0 radical (unpaired) electrons. The molecule has 6 heteroatoms. The number of hydrogen-bond donors (Lipinski definition) is 2. The largest absolute Gasteiger partial charge is 0.322 e. The summed E-state index contributed by atoms with van der Waals surface area (Å²) in [7, 11) is 1.91. The first-order valence-corrected chi connectivity index (χ1v) is 7.01. The van der Waals surface area contributed by atoms with Crippen LogP contribution in [0.1, 0.15) is 6.42 Å². The second-order valence-corrected chi connectivity index (χ2v) is 5.65. The van der Waals surface area contributed by atoms with Crippen LogP contribution < -0.4 is 10.6 Å². The molecule has 2 rings (SSSR count). The highest BCUT2D eigenvalue weighted by atomic mass is 79.9. The molecule has 1 atom stereocenters. The molecule has 1 aromatic carbocycles. The minimum atomic E-state index is -0.437. The fraction of sp³-hybridized carbons (Fsp3) is 0.462. The molecule has 2 N–H and O–H groups in total. The summed E-state index contributed by atoms with van der Waals surface area (Å²) < 4.78 is 14.2. The van der Waals surface area contributed by atoms with Crippen molar-refractivity contribution in [2.75, 3.05) is 32.0 Å². The molecule has 0 aliphatic carbocycles. The zero-order chi connectivity index (χ0) is 13.8. The number of hydrogen-bond acceptors (Lipinski definition) is 3. The van der Waals surface area contributed by atoms with Crippen molar-refractivity contribution in [3.8, 4) is 0 Å². The van der Waals surface area contributed by atoms with E-state index in [9.17, 15) is 9.18 Å². The predicted octanol–water partition coefficient (Wildman–Crippen LogP) is 1.82. The zero-order valence-electron chi connectivity index (χ0n) is 10.7. The Balaban J connectivity index is 1.89. The Hall–Kier alpha value is -0.980. The second-order valence-electron chi connectivity index (χ2n) is 4.73. The Morgan fingerprint density at radius 3 is 3.05 bits per heavy atom. The van der Waals surface area contributed by atoms with Gasteiger partial charge in [-0.05, 0) is 38.2 Å². The molecule has 1 fully saturated rings. The Labute approximate surface area is 120 Å². The van der Waals surface area contributed by atoms with E-state index < -0.39 is 5.82 Å². The average molecular weight is 330 g/mol. The lowest BCUT2D eigenvalue weighted by atomic mass is 10.2. The molecule has 104 valence electrons. The molecule has 1 unspecified atom stereocenters. The van der Waals surface area contributed by atoms with Crippen molar-refractivity contribution in [1.82, 2.24) is 10.2 Å². The van der Waals surface area contributed by atoms with Crippen LogP contribution in [-0.4, -0.2) is 43.5 Å². The molecule has 0 saturated carbocycles. The van der Waals surface area contributed by atoms with Gasteiger partial charge in [0, 0.05) is 17.1 Å². The third-order valence-corrected chi connectivity index (χ3v) is 3.75. The molecule has 1 aliphatic heterocycles. The van der Waals surface area contributed by atoms with Crippen molar-refractivity contribution < 1.29 is 9.18 Å². The van der Waals surface area contributed by atoms with Gasteiger partial charge >= 0.3 is 0 Å². The van der Waals surface area contributed by atoms with Crippen LogP contribution >= 0.6 is 15.9 Å². The minimum Gasteiger partial charge on any atom is -0.322 e. The van der Waals surface area contributed by atoms with Gasteiger partial charge in [0.15, 0.2) is 0 Å². The van der Waals surface area contributed by atoms with Crippen LogP contribution in [0.25, 0.3) is 0 Å². The first-order chi connectivity index (χ1) is 9.06. The summed E-state index contributed by atoms with van der Waals surface area (Å²) >= 11 is 3.18. The van der Waals surface area contributed by atoms with Crippen LogP contribution in [0, 0.1) is 5.82 Å². The SMILES string of the molecule is CN(CC(=O)Nc1ccc(Br)cc1F)C1CCNC1. The molecule has 19 heavy (non-hydrogen) atoms. The van der Waals surface area contributed by atoms with E-state index in [2.05, 4.69) is 26.6 Å². The standard InChI is InChI=1S/C13H17BrFN3O/c1-18(10-4-5-16-7-10)8-13(19)17-12-3-2-9(14)6-11(12)15/h2-3,6,10,16H,4-5,7-8H2,1H3,(H,17,19). The number of halogens is 2. The number of benzene rings is 1. The summed E-state index contributed by atoms with van der Waals surface area (Å²) in [5.74, 6) is -0.636. The average Bonchev–Trinajstić information content (AvgIpc) is 2.86. The van der Waals surface area contributed by atoms with Crippen molar-refractivity contribution in [1.29, 1.82) is 0 Å². The third kappa shape index (κ3) is 3.99. The Morgan fingerprint density at radius 2 is 2.42 bits per heavy atom. The highest BCUT2D eigenvalue weighted by Gasteiger charge is 2.21. The van der Waals surface area contributed by atoms with Crippen LogP contribution in [0.4, 0.5) is 10.1 Å². The lowest BCUT2D eigenvalue weighted by Gasteiger charge is -2.22. The van der Waals surface area contributed by atoms with Crippen molar-refractivity contribution >= 4 is 27.5 Å². The van der Waals surface area contributed by atoms with E-state index >= 15 is 0 Å². The van der Waals surface area contributed by atoms with Gasteiger partial charge < -0.3 is 10.6 Å². The molecular weight excluding hydrogens is 313 g/mol. The highest BCUT2D eigenvalue weighted by Crippen LogP contribution is 2.19. The topological polar surface area (TPSA) is 44.4 Å². The lowest BCUT2D eigenvalue weighted by molar-refractivity contribution is -0.117. The van der Waals surface area contributed by atoms with E-state index in [-0.39, 0.29) is 18.1 Å². The smallest absolute Gasteiger partial charge is 0.238 e. The van der Waals surface area contributed by atoms with Crippen LogP contribution in [0.5, 0.6) is 0 Å². The van der Waals surface area contributed by atoms with Crippen LogP contribution in [0.2, 0.25) is 0 Å². The molecule has 4 nitrogen and oxygen atoms in total. The molecule has 1 amide bonds. The Bertz CT molecular complexity index is 463. The summed E-state index contributed by atoms with van der Waals surface area (Å²) in [5, 5.41) is 5.85. The van der Waals surface area contributed by atoms with Gasteiger partial charge in [-0.2, -0.15) is 0 Å². The van der Waals surface area contributed by atoms with E-state index in [1.54, 1.807) is 12.1 Å². The van der Waals surface area contributed by atoms with Crippen LogP contribution in [0.15, 0.2) is 22.7 Å². The van der Waals surface area contributed by atoms with E-state index in [0.29, 0.717) is 10.5 Å². The maximum absolute atomic E-state index is 13.6. The quantitative estimate of drug-likeness (QED) is 0.885. The van der Waals surface area contributed by atoms with Gasteiger partial charge in [-0.3, -0.25) is 9.69 Å². The zero-order valence-corrected chi connectivity index (χ0v) is 12.3. The highest BCUT2D eigenvalue weighted by molar-refractivity contribution is 9.10. The number of carbonyl (C=O) groups excluding carboxylic acids is 1. The van der Waals surface area contributed by atoms with Gasteiger partial charge in [0.05, 0.1) is 12.2 Å². The summed E-state index contributed by atoms with van der Waals surface area (Å²) in [5.41, 5.74) is 0.214. The summed E-state index contributed by atoms with van der Waals surface area (Å²) in [6.07, 6.45) is 1.04. The van der Waals surface area contributed by atoms with E-state index in [4.69, 9.17) is 0 Å². The van der Waals surface area contributed by atoms with Crippen LogP contribution in [-0.2, 0) is 4.79 Å². The van der Waals surface area contributed by atoms with Crippen molar-refractivity contribution in [2.45, 2.75) is 12.5 Å². The van der Waals surface area contributed by atoms with Crippen LogP contribution in [0.3, 0.4) is 0 Å². The first kappa shape index (κ1) is 14.4. The third-order valence-electron chi connectivity index (χ3n) is 3.26. The number of likely N-dealkylation sites (N-methyl/N-ethyl adjacent to an activating group) is 1. The molecule has 1 heterocycles. The Morgan fingerprint density at radius 1 is 1.63 bits per heavy atom. The summed E-state index contributed by atoms with van der Waals surface area (Å²) in [6, 6.07) is 4.96. The van der Waals surface area contributed by atoms with Crippen molar-refractivity contribution in [2.24, 2.45) is 0 Å². The fourth-order valence-electron chi connectivity index (χ4n) is 2.15. The molecule has 0 spiro atoms. The summed E-state index contributed by atoms with van der Waals surface area (Å²) in [6.45, 7) is 2.15. The number of carbonyl (C=O) groups is 1. The monoisotopic (exact) mass is 329 g/mol. The van der Waals surface area contributed by atoms with Gasteiger partial charge in [-0.25, -0.2) is 4.39 Å². The molecule has 1 aliphatic rings. The van der Waals surface area contributed by atoms with E-state index in [0.717, 1.165) is 19.5 Å². The van der Waals surface area contributed by atoms with Gasteiger partial charge in [-0.15, -0.1) is 0 Å². The van der Waals surface area contributed by atoms with E-state index in [1.165, 1.54) is 6.07 Å². The molecule has 1 saturated heterocycles. The Kier molecular flexibility index (Phi) is 4.90. The van der Waals surface area contributed by atoms with Gasteiger partial charge in [0.2, 0.25) is 5.91 Å². The second kappa shape index (κ2) is 6.45. The molecule has 0 bridgehead atoms. The van der Waals surface area contributed by atoms with Crippen molar-refractivity contribution in [3.05, 3.63) is 28.5 Å². The van der Waals surface area contributed by atoms with Gasteiger partial charge in [0.1, 0.15) is 5.82 Å². The van der Waals surface area contributed by atoms with Gasteiger partial charge in [0.25, 0.3) is 0 Å². The number of amides is 1. The lowest BCUT2D eigenvalue weighted by Crippen LogP contribution is -2.39. The summed E-state index contributed by atoms with van der Waals surface area (Å²) in [4.78, 5) is 13.9. The number of rotatable bonds is 4.